The fourth-order valence-electron chi connectivity index (χ4n) is 3.47. The molecule has 1 saturated heterocycles. The largest absolute Gasteiger partial charge is 0.497 e. The number of morpholine rings is 1. The Balaban J connectivity index is 2.00. The molecule has 2 atom stereocenters. The minimum Gasteiger partial charge on any atom is -0.497 e. The molecule has 128 valence electrons. The molecule has 6 nitrogen and oxygen atoms in total. The normalized spacial score (nSPS) is 25.7. The maximum atomic E-state index is 13.2. The number of sulfonamides is 1. The first-order valence-electron chi connectivity index (χ1n) is 7.93. The van der Waals surface area contributed by atoms with Gasteiger partial charge in [0.05, 0.1) is 33.0 Å². The van der Waals surface area contributed by atoms with Crippen LogP contribution in [0.5, 0.6) is 11.5 Å². The highest BCUT2D eigenvalue weighted by Crippen LogP contribution is 2.36. The van der Waals surface area contributed by atoms with E-state index in [1.165, 1.54) is 20.3 Å². The number of methoxy groups -OCH3 is 2. The number of ether oxygens (including phenoxy) is 3. The van der Waals surface area contributed by atoms with Crippen LogP contribution in [0.4, 0.5) is 0 Å². The van der Waals surface area contributed by atoms with Gasteiger partial charge >= 0.3 is 0 Å². The molecule has 0 radical (unpaired) electrons. The Morgan fingerprint density at radius 2 is 1.96 bits per heavy atom. The van der Waals surface area contributed by atoms with Gasteiger partial charge in [-0.25, -0.2) is 8.42 Å². The first-order chi connectivity index (χ1) is 11.1. The minimum absolute atomic E-state index is 0.00359. The lowest BCUT2D eigenvalue weighted by Gasteiger charge is -2.42. The summed E-state index contributed by atoms with van der Waals surface area (Å²) in [5, 5.41) is 0. The lowest BCUT2D eigenvalue weighted by Crippen LogP contribution is -2.54. The Bertz CT molecular complexity index is 658. The molecule has 3 rings (SSSR count). The first-order valence-corrected chi connectivity index (χ1v) is 9.37. The number of benzene rings is 1. The summed E-state index contributed by atoms with van der Waals surface area (Å²) in [4.78, 5) is 0.158. The van der Waals surface area contributed by atoms with Crippen LogP contribution < -0.4 is 9.47 Å². The highest BCUT2D eigenvalue weighted by Gasteiger charge is 2.41. The summed E-state index contributed by atoms with van der Waals surface area (Å²) in [7, 11) is -0.666. The van der Waals surface area contributed by atoms with Gasteiger partial charge in [-0.3, -0.25) is 0 Å². The third-order valence-electron chi connectivity index (χ3n) is 4.64. The van der Waals surface area contributed by atoms with Gasteiger partial charge in [-0.15, -0.1) is 0 Å². The topological polar surface area (TPSA) is 65.1 Å². The van der Waals surface area contributed by atoms with Crippen LogP contribution in [-0.2, 0) is 14.8 Å². The Kier molecular flexibility index (Phi) is 4.79. The summed E-state index contributed by atoms with van der Waals surface area (Å²) in [5.74, 6) is 0.836. The molecule has 23 heavy (non-hydrogen) atoms. The van der Waals surface area contributed by atoms with Gasteiger partial charge in [-0.05, 0) is 25.0 Å². The zero-order valence-electron chi connectivity index (χ0n) is 13.5. The third-order valence-corrected chi connectivity index (χ3v) is 6.58. The Morgan fingerprint density at radius 3 is 2.70 bits per heavy atom. The number of hydrogen-bond acceptors (Lipinski definition) is 5. The summed E-state index contributed by atoms with van der Waals surface area (Å²) in [6, 6.07) is 4.77. The molecule has 2 fully saturated rings. The van der Waals surface area contributed by atoms with Crippen molar-refractivity contribution >= 4 is 10.0 Å². The number of nitrogens with zero attached hydrogens (tertiary/aromatic N) is 1. The lowest BCUT2D eigenvalue weighted by molar-refractivity contribution is -0.0586. The first kappa shape index (κ1) is 16.5. The Labute approximate surface area is 137 Å². The average molecular weight is 341 g/mol. The van der Waals surface area contributed by atoms with Crippen molar-refractivity contribution in [2.45, 2.75) is 42.7 Å². The molecule has 2 aliphatic rings. The fraction of sp³-hybridized carbons (Fsp3) is 0.625. The number of rotatable bonds is 4. The van der Waals surface area contributed by atoms with E-state index in [1.807, 2.05) is 0 Å². The van der Waals surface area contributed by atoms with Gasteiger partial charge in [0.15, 0.2) is 0 Å². The Hall–Kier alpha value is -1.31. The van der Waals surface area contributed by atoms with Crippen LogP contribution in [0.15, 0.2) is 23.1 Å². The highest BCUT2D eigenvalue weighted by molar-refractivity contribution is 7.89. The maximum absolute atomic E-state index is 13.2. The zero-order valence-corrected chi connectivity index (χ0v) is 14.3. The van der Waals surface area contributed by atoms with Crippen molar-refractivity contribution in [2.75, 3.05) is 27.4 Å². The van der Waals surface area contributed by atoms with Crippen LogP contribution in [0, 0.1) is 0 Å². The van der Waals surface area contributed by atoms with Crippen molar-refractivity contribution in [1.29, 1.82) is 0 Å². The number of fused-ring (bicyclic) bond motifs is 1. The van der Waals surface area contributed by atoms with Gasteiger partial charge in [-0.2, -0.15) is 4.31 Å². The van der Waals surface area contributed by atoms with Crippen molar-refractivity contribution in [3.05, 3.63) is 18.2 Å². The average Bonchev–Trinajstić information content (AvgIpc) is 2.60. The summed E-state index contributed by atoms with van der Waals surface area (Å²) >= 11 is 0. The predicted molar refractivity (Wildman–Crippen MR) is 85.4 cm³/mol. The van der Waals surface area contributed by atoms with E-state index in [9.17, 15) is 8.42 Å². The SMILES string of the molecule is COc1ccc(OC)c(S(=O)(=O)N2CCO[C@H]3CCCC[C@H]32)c1. The van der Waals surface area contributed by atoms with Crippen molar-refractivity contribution in [1.82, 2.24) is 4.31 Å². The van der Waals surface area contributed by atoms with E-state index in [-0.39, 0.29) is 17.0 Å². The molecular formula is C16H23NO5S. The lowest BCUT2D eigenvalue weighted by atomic mass is 9.91. The van der Waals surface area contributed by atoms with Crippen LogP contribution >= 0.6 is 0 Å². The van der Waals surface area contributed by atoms with E-state index < -0.39 is 10.0 Å². The molecule has 1 heterocycles. The van der Waals surface area contributed by atoms with Gasteiger partial charge in [0.25, 0.3) is 0 Å². The molecule has 0 spiro atoms. The van der Waals surface area contributed by atoms with Crippen molar-refractivity contribution in [3.8, 4) is 11.5 Å². The standard InChI is InChI=1S/C16H23NO5S/c1-20-12-7-8-15(21-2)16(11-12)23(18,19)17-9-10-22-14-6-4-3-5-13(14)17/h7-8,11,13-14H,3-6,9-10H2,1-2H3/t13-,14+/m1/s1. The van der Waals surface area contributed by atoms with Gasteiger partial charge in [-0.1, -0.05) is 12.8 Å². The molecule has 1 aliphatic carbocycles. The second kappa shape index (κ2) is 6.67. The second-order valence-corrected chi connectivity index (χ2v) is 7.75. The number of hydrogen-bond donors (Lipinski definition) is 0. The predicted octanol–water partition coefficient (Wildman–Crippen LogP) is 2.04. The maximum Gasteiger partial charge on any atom is 0.247 e. The second-order valence-electron chi connectivity index (χ2n) is 5.89. The quantitative estimate of drug-likeness (QED) is 0.838. The molecule has 0 N–H and O–H groups in total. The molecule has 1 saturated carbocycles. The van der Waals surface area contributed by atoms with Gasteiger partial charge in [0.1, 0.15) is 16.4 Å². The zero-order chi connectivity index (χ0) is 16.4. The van der Waals surface area contributed by atoms with Crippen LogP contribution in [-0.4, -0.2) is 52.2 Å². The summed E-state index contributed by atoms with van der Waals surface area (Å²) in [5.41, 5.74) is 0. The molecule has 7 heteroatoms. The molecule has 1 aromatic carbocycles. The summed E-state index contributed by atoms with van der Waals surface area (Å²) in [6.07, 6.45) is 3.90. The third kappa shape index (κ3) is 3.05. The smallest absolute Gasteiger partial charge is 0.247 e. The van der Waals surface area contributed by atoms with E-state index in [4.69, 9.17) is 14.2 Å². The summed E-state index contributed by atoms with van der Waals surface area (Å²) in [6.45, 7) is 0.816. The molecule has 0 bridgehead atoms. The monoisotopic (exact) mass is 341 g/mol. The highest BCUT2D eigenvalue weighted by atomic mass is 32.2. The van der Waals surface area contributed by atoms with Crippen LogP contribution in [0.1, 0.15) is 25.7 Å². The van der Waals surface area contributed by atoms with E-state index in [0.717, 1.165) is 25.7 Å². The van der Waals surface area contributed by atoms with Crippen molar-refractivity contribution < 1.29 is 22.6 Å². The van der Waals surface area contributed by atoms with Crippen LogP contribution in [0.25, 0.3) is 0 Å². The molecule has 1 aliphatic heterocycles. The van der Waals surface area contributed by atoms with Gasteiger partial charge in [0.2, 0.25) is 10.0 Å². The molecule has 0 amide bonds. The van der Waals surface area contributed by atoms with Gasteiger partial charge < -0.3 is 14.2 Å². The van der Waals surface area contributed by atoms with Crippen molar-refractivity contribution in [3.63, 3.8) is 0 Å². The van der Waals surface area contributed by atoms with E-state index in [2.05, 4.69) is 0 Å². The minimum atomic E-state index is -3.66. The van der Waals surface area contributed by atoms with E-state index >= 15 is 0 Å². The molecule has 0 aromatic heterocycles. The Morgan fingerprint density at radius 1 is 1.17 bits per heavy atom. The van der Waals surface area contributed by atoms with E-state index in [1.54, 1.807) is 16.4 Å². The van der Waals surface area contributed by atoms with Crippen LogP contribution in [0.3, 0.4) is 0 Å². The molecular weight excluding hydrogens is 318 g/mol. The van der Waals surface area contributed by atoms with Crippen LogP contribution in [0.2, 0.25) is 0 Å². The summed E-state index contributed by atoms with van der Waals surface area (Å²) < 4.78 is 44.3. The van der Waals surface area contributed by atoms with Gasteiger partial charge in [0, 0.05) is 12.6 Å². The molecule has 0 unspecified atom stereocenters. The van der Waals surface area contributed by atoms with E-state index in [0.29, 0.717) is 24.7 Å². The van der Waals surface area contributed by atoms with Crippen molar-refractivity contribution in [2.24, 2.45) is 0 Å². The fourth-order valence-corrected chi connectivity index (χ4v) is 5.31. The molecule has 1 aromatic rings.